The maximum absolute atomic E-state index is 6.73. The van der Waals surface area contributed by atoms with Gasteiger partial charge in [0, 0.05) is 41.0 Å². The molecule has 2 atom stereocenters. The minimum absolute atomic E-state index is 0.350. The largest absolute Gasteiger partial charge is 0.496 e. The van der Waals surface area contributed by atoms with Gasteiger partial charge in [0.1, 0.15) is 12.1 Å². The molecule has 3 heterocycles. The SMILES string of the molecule is C[C@H]1CN(C)C[C@H](C)N1c1ncnc2cc(B3OC(C)(C)C(C)(C)O3)c(Cl)cc12. The molecule has 2 aliphatic rings. The van der Waals surface area contributed by atoms with Crippen LogP contribution in [-0.2, 0) is 9.31 Å². The van der Waals surface area contributed by atoms with Crippen molar-refractivity contribution in [2.45, 2.75) is 64.8 Å². The molecule has 8 heteroatoms. The van der Waals surface area contributed by atoms with Crippen LogP contribution < -0.4 is 10.4 Å². The first-order chi connectivity index (χ1) is 13.5. The van der Waals surface area contributed by atoms with Crippen LogP contribution in [0.25, 0.3) is 10.9 Å². The van der Waals surface area contributed by atoms with Crippen molar-refractivity contribution in [2.75, 3.05) is 25.0 Å². The van der Waals surface area contributed by atoms with E-state index in [1.54, 1.807) is 6.33 Å². The van der Waals surface area contributed by atoms with Crippen LogP contribution in [0, 0.1) is 0 Å². The summed E-state index contributed by atoms with van der Waals surface area (Å²) in [6.07, 6.45) is 1.64. The molecule has 1 aromatic carbocycles. The van der Waals surface area contributed by atoms with Gasteiger partial charge in [0.2, 0.25) is 0 Å². The van der Waals surface area contributed by atoms with Crippen molar-refractivity contribution in [2.24, 2.45) is 0 Å². The number of aromatic nitrogens is 2. The second kappa shape index (κ2) is 7.08. The zero-order chi connectivity index (χ0) is 21.1. The lowest BCUT2D eigenvalue weighted by atomic mass is 9.78. The fourth-order valence-electron chi connectivity index (χ4n) is 4.44. The molecule has 0 amide bonds. The van der Waals surface area contributed by atoms with Gasteiger partial charge >= 0.3 is 7.12 Å². The summed E-state index contributed by atoms with van der Waals surface area (Å²) in [6, 6.07) is 4.65. The summed E-state index contributed by atoms with van der Waals surface area (Å²) < 4.78 is 12.4. The second-order valence-electron chi connectivity index (χ2n) is 9.50. The first-order valence-corrected chi connectivity index (χ1v) is 10.6. The van der Waals surface area contributed by atoms with Gasteiger partial charge < -0.3 is 19.1 Å². The molecule has 0 bridgehead atoms. The molecule has 4 rings (SSSR count). The van der Waals surface area contributed by atoms with E-state index in [4.69, 9.17) is 20.9 Å². The van der Waals surface area contributed by atoms with E-state index in [1.807, 2.05) is 39.8 Å². The Labute approximate surface area is 178 Å². The number of rotatable bonds is 2. The van der Waals surface area contributed by atoms with Crippen molar-refractivity contribution in [1.29, 1.82) is 0 Å². The van der Waals surface area contributed by atoms with Crippen molar-refractivity contribution >= 4 is 40.9 Å². The Bertz CT molecular complexity index is 910. The summed E-state index contributed by atoms with van der Waals surface area (Å²) in [6.45, 7) is 14.6. The van der Waals surface area contributed by atoms with Crippen LogP contribution in [0.2, 0.25) is 5.02 Å². The summed E-state index contributed by atoms with van der Waals surface area (Å²) in [5, 5.41) is 1.57. The van der Waals surface area contributed by atoms with Crippen molar-refractivity contribution in [1.82, 2.24) is 14.9 Å². The highest BCUT2D eigenvalue weighted by atomic mass is 35.5. The zero-order valence-corrected chi connectivity index (χ0v) is 19.1. The number of anilines is 1. The highest BCUT2D eigenvalue weighted by Crippen LogP contribution is 2.38. The monoisotopic (exact) mass is 416 g/mol. The second-order valence-corrected chi connectivity index (χ2v) is 9.91. The molecule has 0 unspecified atom stereocenters. The van der Waals surface area contributed by atoms with Crippen LogP contribution in [0.4, 0.5) is 5.82 Å². The van der Waals surface area contributed by atoms with Gasteiger partial charge in [-0.05, 0) is 60.7 Å². The Morgan fingerprint density at radius 2 is 1.62 bits per heavy atom. The smallest absolute Gasteiger partial charge is 0.399 e. The number of fused-ring (bicyclic) bond motifs is 1. The Morgan fingerprint density at radius 1 is 1.03 bits per heavy atom. The molecule has 1 aromatic heterocycles. The van der Waals surface area contributed by atoms with Gasteiger partial charge in [-0.15, -0.1) is 0 Å². The fourth-order valence-corrected chi connectivity index (χ4v) is 4.69. The lowest BCUT2D eigenvalue weighted by Gasteiger charge is -2.44. The molecule has 0 radical (unpaired) electrons. The highest BCUT2D eigenvalue weighted by molar-refractivity contribution is 6.66. The third-order valence-corrected chi connectivity index (χ3v) is 6.91. The van der Waals surface area contributed by atoms with Gasteiger partial charge in [0.25, 0.3) is 0 Å². The Hall–Kier alpha value is -1.41. The molecule has 0 aliphatic carbocycles. The van der Waals surface area contributed by atoms with E-state index in [1.165, 1.54) is 0 Å². The van der Waals surface area contributed by atoms with Gasteiger partial charge in [-0.2, -0.15) is 0 Å². The van der Waals surface area contributed by atoms with Crippen molar-refractivity contribution in [3.05, 3.63) is 23.5 Å². The normalized spacial score (nSPS) is 27.0. The van der Waals surface area contributed by atoms with Crippen molar-refractivity contribution in [3.63, 3.8) is 0 Å². The van der Waals surface area contributed by atoms with Gasteiger partial charge in [0.15, 0.2) is 0 Å². The van der Waals surface area contributed by atoms with Crippen LogP contribution in [0.3, 0.4) is 0 Å². The molecule has 29 heavy (non-hydrogen) atoms. The molecule has 0 spiro atoms. The van der Waals surface area contributed by atoms with Gasteiger partial charge in [-0.1, -0.05) is 11.6 Å². The molecule has 2 aromatic rings. The molecule has 2 aliphatic heterocycles. The average Bonchev–Trinajstić information content (AvgIpc) is 2.81. The van der Waals surface area contributed by atoms with E-state index < -0.39 is 18.3 Å². The standard InChI is InChI=1S/C21H30BClN4O2/c1-13-10-26(7)11-14(2)27(13)19-15-8-17(23)16(9-18(15)24-12-25-19)22-28-20(3,4)21(5,6)29-22/h8-9,12-14H,10-11H2,1-7H3/t13-,14-/m0/s1. The number of piperazine rings is 1. The zero-order valence-electron chi connectivity index (χ0n) is 18.4. The number of benzene rings is 1. The highest BCUT2D eigenvalue weighted by Gasteiger charge is 2.52. The van der Waals surface area contributed by atoms with Crippen molar-refractivity contribution < 1.29 is 9.31 Å². The van der Waals surface area contributed by atoms with Gasteiger partial charge in [-0.3, -0.25) is 0 Å². The fraction of sp³-hybridized carbons (Fsp3) is 0.619. The summed E-state index contributed by atoms with van der Waals surface area (Å²) in [5.74, 6) is 0.936. The van der Waals surface area contributed by atoms with E-state index in [0.717, 1.165) is 35.3 Å². The van der Waals surface area contributed by atoms with E-state index in [-0.39, 0.29) is 0 Å². The molecule has 6 nitrogen and oxygen atoms in total. The molecule has 2 fully saturated rings. The Kier molecular flexibility index (Phi) is 5.09. The van der Waals surface area contributed by atoms with E-state index >= 15 is 0 Å². The van der Waals surface area contributed by atoms with Crippen LogP contribution in [0.1, 0.15) is 41.5 Å². The summed E-state index contributed by atoms with van der Waals surface area (Å²) >= 11 is 6.73. The van der Waals surface area contributed by atoms with E-state index in [9.17, 15) is 0 Å². The van der Waals surface area contributed by atoms with E-state index in [0.29, 0.717) is 17.1 Å². The third-order valence-electron chi connectivity index (χ3n) is 6.59. The maximum Gasteiger partial charge on any atom is 0.496 e. The predicted octanol–water partition coefficient (Wildman–Crippen LogP) is 3.11. The molecular weight excluding hydrogens is 387 g/mol. The van der Waals surface area contributed by atoms with Crippen molar-refractivity contribution in [3.8, 4) is 0 Å². The van der Waals surface area contributed by atoms with Gasteiger partial charge in [-0.25, -0.2) is 9.97 Å². The molecule has 2 saturated heterocycles. The van der Waals surface area contributed by atoms with E-state index in [2.05, 4.69) is 40.7 Å². The minimum atomic E-state index is -0.517. The number of hydrogen-bond acceptors (Lipinski definition) is 6. The Morgan fingerprint density at radius 3 is 2.21 bits per heavy atom. The molecule has 0 saturated carbocycles. The first-order valence-electron chi connectivity index (χ1n) is 10.3. The van der Waals surface area contributed by atoms with Crippen LogP contribution in [0.15, 0.2) is 18.5 Å². The number of nitrogens with zero attached hydrogens (tertiary/aromatic N) is 4. The third kappa shape index (κ3) is 3.52. The molecular formula is C21H30BClN4O2. The summed E-state index contributed by atoms with van der Waals surface area (Å²) in [7, 11) is 1.65. The lowest BCUT2D eigenvalue weighted by Crippen LogP contribution is -2.56. The maximum atomic E-state index is 6.73. The van der Waals surface area contributed by atoms with Crippen LogP contribution in [0.5, 0.6) is 0 Å². The summed E-state index contributed by atoms with van der Waals surface area (Å²) in [5.41, 5.74) is 0.818. The Balaban J connectivity index is 1.76. The average molecular weight is 417 g/mol. The topological polar surface area (TPSA) is 50.7 Å². The summed E-state index contributed by atoms with van der Waals surface area (Å²) in [4.78, 5) is 13.9. The minimum Gasteiger partial charge on any atom is -0.399 e. The van der Waals surface area contributed by atoms with Gasteiger partial charge in [0.05, 0.1) is 16.7 Å². The number of likely N-dealkylation sites (N-methyl/N-ethyl adjacent to an activating group) is 1. The quantitative estimate of drug-likeness (QED) is 0.701. The first kappa shape index (κ1) is 20.9. The number of halogens is 1. The number of hydrogen-bond donors (Lipinski definition) is 0. The van der Waals surface area contributed by atoms with Crippen LogP contribution >= 0.6 is 11.6 Å². The molecule has 156 valence electrons. The predicted molar refractivity (Wildman–Crippen MR) is 119 cm³/mol. The lowest BCUT2D eigenvalue weighted by molar-refractivity contribution is 0.00578. The van der Waals surface area contributed by atoms with Crippen LogP contribution in [-0.4, -0.2) is 65.4 Å². The molecule has 0 N–H and O–H groups in total.